The van der Waals surface area contributed by atoms with E-state index in [0.717, 1.165) is 5.56 Å². The van der Waals surface area contributed by atoms with Gasteiger partial charge in [0.05, 0.1) is 16.8 Å². The van der Waals surface area contributed by atoms with Gasteiger partial charge in [0.2, 0.25) is 0 Å². The van der Waals surface area contributed by atoms with E-state index in [1.165, 1.54) is 23.5 Å². The molecule has 0 spiro atoms. The van der Waals surface area contributed by atoms with E-state index in [9.17, 15) is 9.18 Å². The molecule has 0 N–H and O–H groups in total. The largest absolute Gasteiger partial charge is 0.279 e. The van der Waals surface area contributed by atoms with Gasteiger partial charge < -0.3 is 0 Å². The van der Waals surface area contributed by atoms with Crippen LogP contribution in [-0.2, 0) is 6.54 Å². The number of fused-ring (bicyclic) bond motifs is 1. The fourth-order valence-corrected chi connectivity index (χ4v) is 4.34. The van der Waals surface area contributed by atoms with Gasteiger partial charge in [-0.3, -0.25) is 9.69 Å². The zero-order chi connectivity index (χ0) is 19.7. The van der Waals surface area contributed by atoms with Crippen LogP contribution in [0.2, 0.25) is 10.0 Å². The van der Waals surface area contributed by atoms with Crippen molar-refractivity contribution in [3.05, 3.63) is 93.7 Å². The molecule has 0 atom stereocenters. The van der Waals surface area contributed by atoms with Gasteiger partial charge in [0.1, 0.15) is 5.82 Å². The van der Waals surface area contributed by atoms with Crippen molar-refractivity contribution in [2.45, 2.75) is 6.54 Å². The average molecular weight is 431 g/mol. The van der Waals surface area contributed by atoms with Gasteiger partial charge >= 0.3 is 0 Å². The Morgan fingerprint density at radius 2 is 1.71 bits per heavy atom. The third-order valence-corrected chi connectivity index (χ3v) is 5.59. The number of halogens is 3. The number of hydrogen-bond acceptors (Lipinski definition) is 3. The summed E-state index contributed by atoms with van der Waals surface area (Å²) in [6.45, 7) is 0.312. The minimum atomic E-state index is -0.342. The van der Waals surface area contributed by atoms with Crippen molar-refractivity contribution in [2.75, 3.05) is 4.90 Å². The minimum absolute atomic E-state index is 0.284. The summed E-state index contributed by atoms with van der Waals surface area (Å²) in [5.74, 6) is -0.627. The van der Waals surface area contributed by atoms with Crippen LogP contribution in [0.5, 0.6) is 0 Å². The van der Waals surface area contributed by atoms with Gasteiger partial charge in [0, 0.05) is 15.6 Å². The summed E-state index contributed by atoms with van der Waals surface area (Å²) in [5, 5.41) is 1.23. The maximum absolute atomic E-state index is 13.6. The van der Waals surface area contributed by atoms with Gasteiger partial charge in [0.15, 0.2) is 5.13 Å². The summed E-state index contributed by atoms with van der Waals surface area (Å²) in [4.78, 5) is 19.4. The number of amides is 1. The van der Waals surface area contributed by atoms with Crippen molar-refractivity contribution in [2.24, 2.45) is 0 Å². The summed E-state index contributed by atoms with van der Waals surface area (Å²) < 4.78 is 14.2. The summed E-state index contributed by atoms with van der Waals surface area (Å²) in [7, 11) is 0. The molecule has 3 aromatic carbocycles. The van der Waals surface area contributed by atoms with E-state index < -0.39 is 0 Å². The lowest BCUT2D eigenvalue weighted by Crippen LogP contribution is -2.30. The van der Waals surface area contributed by atoms with Crippen LogP contribution in [0.25, 0.3) is 10.2 Å². The first-order valence-corrected chi connectivity index (χ1v) is 9.95. The zero-order valence-electron chi connectivity index (χ0n) is 14.4. The second-order valence-electron chi connectivity index (χ2n) is 6.14. The van der Waals surface area contributed by atoms with Crippen LogP contribution < -0.4 is 4.90 Å². The van der Waals surface area contributed by atoms with Crippen LogP contribution in [0, 0.1) is 5.82 Å². The Bertz CT molecular complexity index is 1140. The highest BCUT2D eigenvalue weighted by atomic mass is 35.5. The highest BCUT2D eigenvalue weighted by Crippen LogP contribution is 2.32. The molecule has 1 amide bonds. The lowest BCUT2D eigenvalue weighted by Gasteiger charge is -2.20. The molecule has 0 unspecified atom stereocenters. The molecular weight excluding hydrogens is 418 g/mol. The molecule has 0 bridgehead atoms. The molecule has 0 aliphatic heterocycles. The average Bonchev–Trinajstić information content (AvgIpc) is 3.08. The Kier molecular flexibility index (Phi) is 5.31. The van der Waals surface area contributed by atoms with E-state index in [2.05, 4.69) is 4.98 Å². The van der Waals surface area contributed by atoms with Gasteiger partial charge in [-0.25, -0.2) is 9.37 Å². The van der Waals surface area contributed by atoms with Crippen molar-refractivity contribution in [3.8, 4) is 0 Å². The number of nitrogens with zero attached hydrogens (tertiary/aromatic N) is 2. The first-order valence-electron chi connectivity index (χ1n) is 8.37. The zero-order valence-corrected chi connectivity index (χ0v) is 16.7. The SMILES string of the molecule is O=C(c1cc(Cl)cc(Cl)c1)N(Cc1ccccc1)c1nc2ccc(F)cc2s1. The lowest BCUT2D eigenvalue weighted by molar-refractivity contribution is 0.0985. The molecule has 4 aromatic rings. The molecule has 0 saturated heterocycles. The molecule has 4 rings (SSSR count). The summed E-state index contributed by atoms with van der Waals surface area (Å²) >= 11 is 13.4. The van der Waals surface area contributed by atoms with Gasteiger partial charge in [-0.05, 0) is 42.0 Å². The van der Waals surface area contributed by atoms with Crippen molar-refractivity contribution < 1.29 is 9.18 Å². The first-order chi connectivity index (χ1) is 13.5. The molecule has 0 saturated carbocycles. The third-order valence-electron chi connectivity index (χ3n) is 4.11. The molecule has 0 aliphatic rings. The quantitative estimate of drug-likeness (QED) is 0.365. The molecule has 0 aliphatic carbocycles. The topological polar surface area (TPSA) is 33.2 Å². The standard InChI is InChI=1S/C21H13Cl2FN2OS/c22-15-8-14(9-16(23)10-15)20(27)26(12-13-4-2-1-3-5-13)21-25-18-7-6-17(24)11-19(18)28-21/h1-11H,12H2. The number of rotatable bonds is 4. The Hall–Kier alpha value is -2.47. The van der Waals surface area contributed by atoms with Crippen LogP contribution in [0.4, 0.5) is 9.52 Å². The van der Waals surface area contributed by atoms with E-state index in [0.29, 0.717) is 37.5 Å². The molecule has 0 radical (unpaired) electrons. The van der Waals surface area contributed by atoms with E-state index in [-0.39, 0.29) is 11.7 Å². The van der Waals surface area contributed by atoms with Crippen LogP contribution >= 0.6 is 34.5 Å². The monoisotopic (exact) mass is 430 g/mol. The second kappa shape index (κ2) is 7.87. The Balaban J connectivity index is 1.79. The van der Waals surface area contributed by atoms with Crippen LogP contribution in [0.1, 0.15) is 15.9 Å². The Morgan fingerprint density at radius 3 is 2.43 bits per heavy atom. The maximum Gasteiger partial charge on any atom is 0.260 e. The first kappa shape index (κ1) is 18.9. The molecule has 1 aromatic heterocycles. The smallest absolute Gasteiger partial charge is 0.260 e. The Morgan fingerprint density at radius 1 is 1.00 bits per heavy atom. The van der Waals surface area contributed by atoms with E-state index in [1.54, 1.807) is 29.2 Å². The number of carbonyl (C=O) groups is 1. The fraction of sp³-hybridized carbons (Fsp3) is 0.0476. The molecule has 7 heteroatoms. The third kappa shape index (κ3) is 4.02. The minimum Gasteiger partial charge on any atom is -0.279 e. The van der Waals surface area contributed by atoms with Gasteiger partial charge in [-0.15, -0.1) is 0 Å². The number of aromatic nitrogens is 1. The predicted molar refractivity (Wildman–Crippen MR) is 113 cm³/mol. The van der Waals surface area contributed by atoms with Crippen LogP contribution in [0.3, 0.4) is 0 Å². The number of anilines is 1. The van der Waals surface area contributed by atoms with E-state index in [4.69, 9.17) is 23.2 Å². The summed E-state index contributed by atoms with van der Waals surface area (Å²) in [6, 6.07) is 18.7. The molecule has 140 valence electrons. The highest BCUT2D eigenvalue weighted by Gasteiger charge is 2.22. The maximum atomic E-state index is 13.6. The predicted octanol–water partition coefficient (Wildman–Crippen LogP) is 6.59. The van der Waals surface area contributed by atoms with Crippen LogP contribution in [-0.4, -0.2) is 10.9 Å². The van der Waals surface area contributed by atoms with E-state index in [1.807, 2.05) is 30.3 Å². The van der Waals surface area contributed by atoms with Crippen LogP contribution in [0.15, 0.2) is 66.7 Å². The van der Waals surface area contributed by atoms with Gasteiger partial charge in [-0.1, -0.05) is 64.9 Å². The number of thiazole rings is 1. The van der Waals surface area contributed by atoms with Crippen molar-refractivity contribution in [1.29, 1.82) is 0 Å². The van der Waals surface area contributed by atoms with Gasteiger partial charge in [-0.2, -0.15) is 0 Å². The van der Waals surface area contributed by atoms with Gasteiger partial charge in [0.25, 0.3) is 5.91 Å². The number of hydrogen-bond donors (Lipinski definition) is 0. The second-order valence-corrected chi connectivity index (χ2v) is 8.03. The van der Waals surface area contributed by atoms with Crippen molar-refractivity contribution in [1.82, 2.24) is 4.98 Å². The molecule has 28 heavy (non-hydrogen) atoms. The van der Waals surface area contributed by atoms with Crippen molar-refractivity contribution in [3.63, 3.8) is 0 Å². The molecular formula is C21H13Cl2FN2OS. The van der Waals surface area contributed by atoms with Crippen molar-refractivity contribution >= 4 is 55.8 Å². The molecule has 3 nitrogen and oxygen atoms in total. The molecule has 0 fully saturated rings. The number of carbonyl (C=O) groups excluding carboxylic acids is 1. The lowest BCUT2D eigenvalue weighted by atomic mass is 10.1. The summed E-state index contributed by atoms with van der Waals surface area (Å²) in [6.07, 6.45) is 0. The fourth-order valence-electron chi connectivity index (χ4n) is 2.83. The summed E-state index contributed by atoms with van der Waals surface area (Å²) in [5.41, 5.74) is 1.93. The number of benzene rings is 3. The molecule has 1 heterocycles. The normalized spacial score (nSPS) is 11.0. The Labute approximate surface area is 175 Å². The van der Waals surface area contributed by atoms with E-state index >= 15 is 0 Å². The highest BCUT2D eigenvalue weighted by molar-refractivity contribution is 7.22.